The highest BCUT2D eigenvalue weighted by molar-refractivity contribution is 6.33. The Labute approximate surface area is 111 Å². The molecule has 1 atom stereocenters. The molecule has 5 nitrogen and oxygen atoms in total. The monoisotopic (exact) mass is 271 g/mol. The molecule has 0 aliphatic heterocycles. The summed E-state index contributed by atoms with van der Waals surface area (Å²) in [5.41, 5.74) is 0.113. The van der Waals surface area contributed by atoms with Crippen molar-refractivity contribution in [3.05, 3.63) is 21.6 Å². The van der Waals surface area contributed by atoms with Crippen LogP contribution < -0.4 is 10.9 Å². The SMILES string of the molecule is CC(CO)Nc1c(Cl)cnn(CC2CCC2)c1=O. The van der Waals surface area contributed by atoms with Gasteiger partial charge in [0.2, 0.25) is 0 Å². The van der Waals surface area contributed by atoms with Crippen molar-refractivity contribution in [3.63, 3.8) is 0 Å². The number of halogens is 1. The van der Waals surface area contributed by atoms with Gasteiger partial charge in [-0.05, 0) is 25.7 Å². The molecule has 0 spiro atoms. The number of anilines is 1. The Morgan fingerprint density at radius 3 is 2.94 bits per heavy atom. The van der Waals surface area contributed by atoms with Crippen molar-refractivity contribution in [2.24, 2.45) is 5.92 Å². The lowest BCUT2D eigenvalue weighted by atomic mass is 9.85. The summed E-state index contributed by atoms with van der Waals surface area (Å²) in [4.78, 5) is 12.2. The van der Waals surface area contributed by atoms with E-state index in [2.05, 4.69) is 10.4 Å². The molecule has 0 radical (unpaired) electrons. The molecule has 1 aliphatic rings. The van der Waals surface area contributed by atoms with Crippen LogP contribution in [0.1, 0.15) is 26.2 Å². The zero-order valence-electron chi connectivity index (χ0n) is 10.4. The van der Waals surface area contributed by atoms with Crippen molar-refractivity contribution in [1.29, 1.82) is 0 Å². The van der Waals surface area contributed by atoms with Gasteiger partial charge >= 0.3 is 0 Å². The first-order chi connectivity index (χ1) is 8.61. The third kappa shape index (κ3) is 2.84. The molecule has 1 aliphatic carbocycles. The molecule has 18 heavy (non-hydrogen) atoms. The summed E-state index contributed by atoms with van der Waals surface area (Å²) in [5, 5.41) is 16.3. The van der Waals surface area contributed by atoms with Gasteiger partial charge in [0.15, 0.2) is 0 Å². The maximum atomic E-state index is 12.2. The van der Waals surface area contributed by atoms with Gasteiger partial charge in [0.25, 0.3) is 5.56 Å². The Balaban J connectivity index is 2.21. The molecule has 1 aromatic heterocycles. The third-order valence-corrected chi connectivity index (χ3v) is 3.60. The summed E-state index contributed by atoms with van der Waals surface area (Å²) in [6, 6.07) is -0.213. The molecule has 1 saturated carbocycles. The van der Waals surface area contributed by atoms with Crippen molar-refractivity contribution in [2.75, 3.05) is 11.9 Å². The van der Waals surface area contributed by atoms with Crippen LogP contribution in [0.2, 0.25) is 5.02 Å². The van der Waals surface area contributed by atoms with Crippen molar-refractivity contribution < 1.29 is 5.11 Å². The standard InChI is InChI=1S/C12H18ClN3O2/c1-8(7-17)15-11-10(13)5-14-16(12(11)18)6-9-3-2-4-9/h5,8-9,15,17H,2-4,6-7H2,1H3. The minimum atomic E-state index is -0.213. The predicted octanol–water partition coefficient (Wildman–Crippen LogP) is 1.49. The first-order valence-corrected chi connectivity index (χ1v) is 6.62. The van der Waals surface area contributed by atoms with E-state index in [4.69, 9.17) is 16.7 Å². The molecule has 100 valence electrons. The lowest BCUT2D eigenvalue weighted by Crippen LogP contribution is -2.33. The van der Waals surface area contributed by atoms with E-state index in [0.717, 1.165) is 12.8 Å². The molecule has 0 amide bonds. The van der Waals surface area contributed by atoms with E-state index in [1.54, 1.807) is 6.92 Å². The van der Waals surface area contributed by atoms with Gasteiger partial charge in [0.05, 0.1) is 17.8 Å². The second-order valence-corrected chi connectivity index (χ2v) is 5.29. The summed E-state index contributed by atoms with van der Waals surface area (Å²) < 4.78 is 1.46. The number of aromatic nitrogens is 2. The molecule has 1 unspecified atom stereocenters. The van der Waals surface area contributed by atoms with Gasteiger partial charge in [0, 0.05) is 12.6 Å². The predicted molar refractivity (Wildman–Crippen MR) is 71.0 cm³/mol. The minimum absolute atomic E-state index is 0.0548. The van der Waals surface area contributed by atoms with Gasteiger partial charge in [-0.2, -0.15) is 5.10 Å². The van der Waals surface area contributed by atoms with Gasteiger partial charge in [-0.25, -0.2) is 4.68 Å². The number of aliphatic hydroxyl groups is 1. The van der Waals surface area contributed by atoms with Crippen molar-refractivity contribution in [2.45, 2.75) is 38.8 Å². The average Bonchev–Trinajstić information content (AvgIpc) is 2.31. The summed E-state index contributed by atoms with van der Waals surface area (Å²) in [7, 11) is 0. The van der Waals surface area contributed by atoms with Gasteiger partial charge in [0.1, 0.15) is 5.69 Å². The molecule has 1 fully saturated rings. The molecule has 2 N–H and O–H groups in total. The highest BCUT2D eigenvalue weighted by atomic mass is 35.5. The first-order valence-electron chi connectivity index (χ1n) is 6.25. The Morgan fingerprint density at radius 1 is 1.67 bits per heavy atom. The van der Waals surface area contributed by atoms with E-state index in [0.29, 0.717) is 23.2 Å². The van der Waals surface area contributed by atoms with Crippen LogP contribution in [0.25, 0.3) is 0 Å². The largest absolute Gasteiger partial charge is 0.394 e. The number of nitrogens with zero attached hydrogens (tertiary/aromatic N) is 2. The molecule has 2 rings (SSSR count). The van der Waals surface area contributed by atoms with Gasteiger partial charge in [-0.3, -0.25) is 4.79 Å². The Hall–Kier alpha value is -1.07. The van der Waals surface area contributed by atoms with Crippen LogP contribution in [-0.2, 0) is 6.54 Å². The maximum absolute atomic E-state index is 12.2. The number of hydrogen-bond acceptors (Lipinski definition) is 4. The molecule has 6 heteroatoms. The van der Waals surface area contributed by atoms with Crippen molar-refractivity contribution in [3.8, 4) is 0 Å². The Bertz CT molecular complexity index is 471. The van der Waals surface area contributed by atoms with E-state index < -0.39 is 0 Å². The Morgan fingerprint density at radius 2 is 2.39 bits per heavy atom. The number of rotatable bonds is 5. The zero-order valence-corrected chi connectivity index (χ0v) is 11.2. The van der Waals surface area contributed by atoms with Crippen molar-refractivity contribution >= 4 is 17.3 Å². The molecule has 1 heterocycles. The van der Waals surface area contributed by atoms with E-state index in [-0.39, 0.29) is 18.2 Å². The lowest BCUT2D eigenvalue weighted by Gasteiger charge is -2.25. The molecular formula is C12H18ClN3O2. The van der Waals surface area contributed by atoms with Crippen LogP contribution in [0.5, 0.6) is 0 Å². The minimum Gasteiger partial charge on any atom is -0.394 e. The fourth-order valence-electron chi connectivity index (χ4n) is 1.94. The highest BCUT2D eigenvalue weighted by Gasteiger charge is 2.20. The summed E-state index contributed by atoms with van der Waals surface area (Å²) in [6.07, 6.45) is 5.03. The highest BCUT2D eigenvalue weighted by Crippen LogP contribution is 2.27. The van der Waals surface area contributed by atoms with Crippen molar-refractivity contribution in [1.82, 2.24) is 9.78 Å². The summed E-state index contributed by atoms with van der Waals surface area (Å²) >= 11 is 5.97. The van der Waals surface area contributed by atoms with Crippen LogP contribution >= 0.6 is 11.6 Å². The zero-order chi connectivity index (χ0) is 13.1. The maximum Gasteiger partial charge on any atom is 0.291 e. The quantitative estimate of drug-likeness (QED) is 0.851. The molecule has 0 bridgehead atoms. The Kier molecular flexibility index (Phi) is 4.24. The van der Waals surface area contributed by atoms with E-state index >= 15 is 0 Å². The second-order valence-electron chi connectivity index (χ2n) is 4.88. The number of nitrogens with one attached hydrogen (secondary N) is 1. The topological polar surface area (TPSA) is 67.2 Å². The van der Waals surface area contributed by atoms with E-state index in [1.165, 1.54) is 17.3 Å². The van der Waals surface area contributed by atoms with Crippen LogP contribution in [0.4, 0.5) is 5.69 Å². The van der Waals surface area contributed by atoms with E-state index in [9.17, 15) is 4.79 Å². The average molecular weight is 272 g/mol. The summed E-state index contributed by atoms with van der Waals surface area (Å²) in [6.45, 7) is 2.38. The third-order valence-electron chi connectivity index (χ3n) is 3.32. The molecule has 0 aromatic carbocycles. The van der Waals surface area contributed by atoms with E-state index in [1.807, 2.05) is 0 Å². The fraction of sp³-hybridized carbons (Fsp3) is 0.667. The smallest absolute Gasteiger partial charge is 0.291 e. The van der Waals surface area contributed by atoms with Gasteiger partial charge in [-0.1, -0.05) is 18.0 Å². The molecule has 0 saturated heterocycles. The van der Waals surface area contributed by atoms with Gasteiger partial charge in [-0.15, -0.1) is 0 Å². The summed E-state index contributed by atoms with van der Waals surface area (Å²) in [5.74, 6) is 0.555. The first kappa shape index (κ1) is 13.4. The number of hydrogen-bond donors (Lipinski definition) is 2. The van der Waals surface area contributed by atoms with Crippen LogP contribution in [-0.4, -0.2) is 27.5 Å². The molecular weight excluding hydrogens is 254 g/mol. The fourth-order valence-corrected chi connectivity index (χ4v) is 2.12. The van der Waals surface area contributed by atoms with Crippen LogP contribution in [0, 0.1) is 5.92 Å². The number of aliphatic hydroxyl groups excluding tert-OH is 1. The van der Waals surface area contributed by atoms with Crippen LogP contribution in [0.3, 0.4) is 0 Å². The normalized spacial score (nSPS) is 17.3. The lowest BCUT2D eigenvalue weighted by molar-refractivity contribution is 0.261. The van der Waals surface area contributed by atoms with Crippen LogP contribution in [0.15, 0.2) is 11.0 Å². The second kappa shape index (κ2) is 5.71. The molecule has 1 aromatic rings. The van der Waals surface area contributed by atoms with Gasteiger partial charge < -0.3 is 10.4 Å².